The second-order valence-corrected chi connectivity index (χ2v) is 7.90. The van der Waals surface area contributed by atoms with Crippen molar-refractivity contribution in [3.8, 4) is 0 Å². The molecular formula is C21H28N4O3. The first-order valence-corrected chi connectivity index (χ1v) is 10.3. The summed E-state index contributed by atoms with van der Waals surface area (Å²) in [6.07, 6.45) is 7.52. The molecule has 0 radical (unpaired) electrons. The summed E-state index contributed by atoms with van der Waals surface area (Å²) in [6, 6.07) is 3.80. The minimum atomic E-state index is 0.0455. The van der Waals surface area contributed by atoms with Crippen molar-refractivity contribution >= 4 is 5.91 Å². The molecule has 150 valence electrons. The maximum absolute atomic E-state index is 12.8. The zero-order chi connectivity index (χ0) is 19.3. The molecule has 0 aliphatic carbocycles. The van der Waals surface area contributed by atoms with Gasteiger partial charge in [-0.15, -0.1) is 0 Å². The highest BCUT2D eigenvalue weighted by atomic mass is 16.5. The van der Waals surface area contributed by atoms with E-state index in [4.69, 9.17) is 9.26 Å². The van der Waals surface area contributed by atoms with Crippen LogP contribution in [0.1, 0.15) is 65.8 Å². The van der Waals surface area contributed by atoms with Crippen molar-refractivity contribution in [2.75, 3.05) is 26.3 Å². The summed E-state index contributed by atoms with van der Waals surface area (Å²) < 4.78 is 10.9. The van der Waals surface area contributed by atoms with Gasteiger partial charge in [0.05, 0.1) is 0 Å². The van der Waals surface area contributed by atoms with Crippen LogP contribution in [-0.4, -0.2) is 52.2 Å². The number of hydrogen-bond acceptors (Lipinski definition) is 6. The van der Waals surface area contributed by atoms with Crippen LogP contribution in [0, 0.1) is 12.8 Å². The van der Waals surface area contributed by atoms with Crippen molar-refractivity contribution in [1.29, 1.82) is 0 Å². The normalized spacial score (nSPS) is 21.0. The lowest BCUT2D eigenvalue weighted by Crippen LogP contribution is -2.40. The van der Waals surface area contributed by atoms with Gasteiger partial charge >= 0.3 is 0 Å². The molecule has 2 aliphatic rings. The summed E-state index contributed by atoms with van der Waals surface area (Å²) in [7, 11) is 0. The third-order valence-electron chi connectivity index (χ3n) is 5.85. The predicted octanol–water partition coefficient (Wildman–Crippen LogP) is 3.15. The first kappa shape index (κ1) is 19.1. The number of aromatic nitrogens is 3. The number of pyridine rings is 1. The molecular weight excluding hydrogens is 356 g/mol. The van der Waals surface area contributed by atoms with Gasteiger partial charge in [0.15, 0.2) is 5.82 Å². The Kier molecular flexibility index (Phi) is 6.00. The van der Waals surface area contributed by atoms with E-state index in [-0.39, 0.29) is 5.91 Å². The topological polar surface area (TPSA) is 81.4 Å². The highest BCUT2D eigenvalue weighted by Crippen LogP contribution is 2.26. The lowest BCUT2D eigenvalue weighted by Gasteiger charge is -2.32. The average molecular weight is 384 g/mol. The molecule has 2 fully saturated rings. The monoisotopic (exact) mass is 384 g/mol. The van der Waals surface area contributed by atoms with Gasteiger partial charge < -0.3 is 14.2 Å². The molecule has 1 unspecified atom stereocenters. The van der Waals surface area contributed by atoms with E-state index in [1.54, 1.807) is 6.20 Å². The van der Waals surface area contributed by atoms with Gasteiger partial charge in [-0.05, 0) is 56.6 Å². The van der Waals surface area contributed by atoms with Crippen LogP contribution in [0.25, 0.3) is 0 Å². The largest absolute Gasteiger partial charge is 0.381 e. The van der Waals surface area contributed by atoms with Gasteiger partial charge in [0.2, 0.25) is 5.89 Å². The van der Waals surface area contributed by atoms with E-state index >= 15 is 0 Å². The molecule has 7 heteroatoms. The van der Waals surface area contributed by atoms with Crippen molar-refractivity contribution in [3.63, 3.8) is 0 Å². The number of carbonyl (C=O) groups is 1. The first-order valence-electron chi connectivity index (χ1n) is 10.3. The zero-order valence-corrected chi connectivity index (χ0v) is 16.5. The van der Waals surface area contributed by atoms with E-state index < -0.39 is 0 Å². The molecule has 1 atom stereocenters. The number of carbonyl (C=O) groups excluding carboxylic acids is 1. The molecule has 2 saturated heterocycles. The zero-order valence-electron chi connectivity index (χ0n) is 16.5. The summed E-state index contributed by atoms with van der Waals surface area (Å²) in [5, 5.41) is 4.17. The number of nitrogens with zero attached hydrogens (tertiary/aromatic N) is 4. The molecule has 2 aromatic heterocycles. The molecule has 4 rings (SSSR count). The maximum atomic E-state index is 12.8. The van der Waals surface area contributed by atoms with Crippen molar-refractivity contribution in [2.24, 2.45) is 5.92 Å². The molecule has 28 heavy (non-hydrogen) atoms. The lowest BCUT2D eigenvalue weighted by molar-refractivity contribution is 0.0661. The molecule has 1 amide bonds. The van der Waals surface area contributed by atoms with Gasteiger partial charge in [-0.25, -0.2) is 0 Å². The van der Waals surface area contributed by atoms with Crippen LogP contribution in [0.5, 0.6) is 0 Å². The second-order valence-electron chi connectivity index (χ2n) is 7.90. The Morgan fingerprint density at radius 2 is 2.14 bits per heavy atom. The summed E-state index contributed by atoms with van der Waals surface area (Å²) in [6.45, 7) is 5.06. The lowest BCUT2D eigenvalue weighted by atomic mass is 9.93. The molecule has 0 bridgehead atoms. The summed E-state index contributed by atoms with van der Waals surface area (Å²) in [4.78, 5) is 23.7. The van der Waals surface area contributed by atoms with Crippen LogP contribution in [0.3, 0.4) is 0 Å². The van der Waals surface area contributed by atoms with Crippen molar-refractivity contribution in [1.82, 2.24) is 20.0 Å². The number of rotatable bonds is 5. The maximum Gasteiger partial charge on any atom is 0.272 e. The van der Waals surface area contributed by atoms with Crippen LogP contribution in [0.15, 0.2) is 22.9 Å². The Labute approximate surface area is 165 Å². The van der Waals surface area contributed by atoms with E-state index in [2.05, 4.69) is 15.1 Å². The summed E-state index contributed by atoms with van der Waals surface area (Å²) in [5.41, 5.74) is 1.50. The highest BCUT2D eigenvalue weighted by Gasteiger charge is 2.27. The molecule has 7 nitrogen and oxygen atoms in total. The van der Waals surface area contributed by atoms with E-state index in [0.29, 0.717) is 17.5 Å². The summed E-state index contributed by atoms with van der Waals surface area (Å²) >= 11 is 0. The Hall–Kier alpha value is -2.28. The Morgan fingerprint density at radius 1 is 1.29 bits per heavy atom. The van der Waals surface area contributed by atoms with Gasteiger partial charge in [0.1, 0.15) is 5.69 Å². The van der Waals surface area contributed by atoms with Gasteiger partial charge in [-0.1, -0.05) is 11.2 Å². The highest BCUT2D eigenvalue weighted by molar-refractivity contribution is 5.93. The first-order chi connectivity index (χ1) is 13.7. The van der Waals surface area contributed by atoms with Gasteiger partial charge in [-0.3, -0.25) is 9.78 Å². The standard InChI is InChI=1S/C21H28N4O3/c1-15-4-2-10-22-19(15)21(26)25-11-3-5-16(14-25)6-7-18-23-20(28-24-18)17-8-12-27-13-9-17/h2,4,10,16-17H,3,5-9,11-14H2,1H3. The van der Waals surface area contributed by atoms with Crippen molar-refractivity contribution in [2.45, 2.75) is 51.4 Å². The number of likely N-dealkylation sites (tertiary alicyclic amines) is 1. The quantitative estimate of drug-likeness (QED) is 0.788. The van der Waals surface area contributed by atoms with Crippen molar-refractivity contribution < 1.29 is 14.1 Å². The van der Waals surface area contributed by atoms with Crippen LogP contribution in [0.4, 0.5) is 0 Å². The minimum absolute atomic E-state index is 0.0455. The van der Waals surface area contributed by atoms with Crippen LogP contribution in [-0.2, 0) is 11.2 Å². The van der Waals surface area contributed by atoms with E-state index in [9.17, 15) is 4.79 Å². The summed E-state index contributed by atoms with van der Waals surface area (Å²) in [5.74, 6) is 2.38. The number of ether oxygens (including phenoxy) is 1. The molecule has 0 aromatic carbocycles. The molecule has 2 aromatic rings. The second kappa shape index (κ2) is 8.82. The number of hydrogen-bond donors (Lipinski definition) is 0. The number of aryl methyl sites for hydroxylation is 2. The van der Waals surface area contributed by atoms with Gasteiger partial charge in [0, 0.05) is 44.8 Å². The Bertz CT molecular complexity index is 800. The molecule has 0 N–H and O–H groups in total. The van der Waals surface area contributed by atoms with Gasteiger partial charge in [-0.2, -0.15) is 4.98 Å². The fourth-order valence-electron chi connectivity index (χ4n) is 4.16. The van der Waals surface area contributed by atoms with Crippen LogP contribution >= 0.6 is 0 Å². The molecule has 4 heterocycles. The van der Waals surface area contributed by atoms with Gasteiger partial charge in [0.25, 0.3) is 5.91 Å². The SMILES string of the molecule is Cc1cccnc1C(=O)N1CCCC(CCc2noc(C3CCOCC3)n2)C1. The average Bonchev–Trinajstić information content (AvgIpc) is 3.22. The third kappa shape index (κ3) is 4.41. The smallest absolute Gasteiger partial charge is 0.272 e. The Balaban J connectivity index is 1.31. The van der Waals surface area contributed by atoms with Crippen molar-refractivity contribution in [3.05, 3.63) is 41.3 Å². The molecule has 0 saturated carbocycles. The van der Waals surface area contributed by atoms with E-state index in [0.717, 1.165) is 82.1 Å². The van der Waals surface area contributed by atoms with Crippen LogP contribution < -0.4 is 0 Å². The fraction of sp³-hybridized carbons (Fsp3) is 0.619. The van der Waals surface area contributed by atoms with E-state index in [1.165, 1.54) is 0 Å². The predicted molar refractivity (Wildman–Crippen MR) is 103 cm³/mol. The number of piperidine rings is 1. The number of amides is 1. The minimum Gasteiger partial charge on any atom is -0.381 e. The van der Waals surface area contributed by atoms with E-state index in [1.807, 2.05) is 24.0 Å². The third-order valence-corrected chi connectivity index (χ3v) is 5.85. The van der Waals surface area contributed by atoms with Crippen LogP contribution in [0.2, 0.25) is 0 Å². The fourth-order valence-corrected chi connectivity index (χ4v) is 4.16. The molecule has 0 spiro atoms. The Morgan fingerprint density at radius 3 is 2.96 bits per heavy atom. The molecule has 2 aliphatic heterocycles.